The molecular weight excluding hydrogens is 250 g/mol. The molecule has 0 amide bonds. The number of hydrogen-bond donors (Lipinski definition) is 1. The summed E-state index contributed by atoms with van der Waals surface area (Å²) in [6.45, 7) is 4.68. The molecule has 0 saturated carbocycles. The highest BCUT2D eigenvalue weighted by atomic mass is 16.5. The number of hydrogen-bond acceptors (Lipinski definition) is 3. The van der Waals surface area contributed by atoms with Crippen LogP contribution in [0.3, 0.4) is 0 Å². The molecule has 1 aromatic carbocycles. The quantitative estimate of drug-likeness (QED) is 0.908. The number of nitrogens with one attached hydrogen (secondary N) is 1. The van der Waals surface area contributed by atoms with Gasteiger partial charge in [0.2, 0.25) is 0 Å². The molecule has 0 aliphatic carbocycles. The number of benzene rings is 1. The second-order valence-corrected chi connectivity index (χ2v) is 5.43. The lowest BCUT2D eigenvalue weighted by molar-refractivity contribution is 0.0940. The average Bonchev–Trinajstić information content (AvgIpc) is 3.11. The van der Waals surface area contributed by atoms with E-state index in [1.54, 1.807) is 0 Å². The van der Waals surface area contributed by atoms with Crippen molar-refractivity contribution in [1.82, 2.24) is 9.78 Å². The first kappa shape index (κ1) is 13.2. The van der Waals surface area contributed by atoms with Crippen molar-refractivity contribution in [2.45, 2.75) is 39.0 Å². The maximum absolute atomic E-state index is 5.63. The van der Waals surface area contributed by atoms with Gasteiger partial charge in [-0.15, -0.1) is 0 Å². The van der Waals surface area contributed by atoms with E-state index < -0.39 is 0 Å². The Kier molecular flexibility index (Phi) is 4.02. The summed E-state index contributed by atoms with van der Waals surface area (Å²) in [5.41, 5.74) is 3.63. The van der Waals surface area contributed by atoms with Crippen molar-refractivity contribution in [1.29, 1.82) is 0 Å². The molecule has 0 radical (unpaired) electrons. The Morgan fingerprint density at radius 3 is 2.95 bits per heavy atom. The van der Waals surface area contributed by atoms with Crippen LogP contribution in [0.4, 0.5) is 5.69 Å². The number of rotatable bonds is 5. The van der Waals surface area contributed by atoms with Crippen LogP contribution in [0.5, 0.6) is 0 Å². The van der Waals surface area contributed by atoms with Gasteiger partial charge in [0.05, 0.1) is 24.5 Å². The second kappa shape index (κ2) is 6.09. The van der Waals surface area contributed by atoms with Crippen molar-refractivity contribution in [2.75, 3.05) is 11.9 Å². The summed E-state index contributed by atoms with van der Waals surface area (Å²) in [5, 5.41) is 7.78. The number of aryl methyl sites for hydroxylation is 1. The monoisotopic (exact) mass is 271 g/mol. The standard InChI is InChI=1S/C16H21N3O/c1-13-4-6-14(7-5-13)9-17-15-10-18-19(11-15)12-16-3-2-8-20-16/h4-7,10-11,16-17H,2-3,8-9,12H2,1H3. The zero-order valence-corrected chi connectivity index (χ0v) is 11.9. The maximum atomic E-state index is 5.63. The summed E-state index contributed by atoms with van der Waals surface area (Å²) >= 11 is 0. The van der Waals surface area contributed by atoms with Crippen molar-refractivity contribution < 1.29 is 4.74 Å². The van der Waals surface area contributed by atoms with Gasteiger partial charge in [-0.05, 0) is 25.3 Å². The van der Waals surface area contributed by atoms with Crippen LogP contribution in [0.25, 0.3) is 0 Å². The van der Waals surface area contributed by atoms with Crippen LogP contribution in [-0.4, -0.2) is 22.5 Å². The van der Waals surface area contributed by atoms with E-state index in [1.807, 2.05) is 10.9 Å². The Balaban J connectivity index is 1.52. The zero-order valence-electron chi connectivity index (χ0n) is 11.9. The van der Waals surface area contributed by atoms with Crippen LogP contribution in [-0.2, 0) is 17.8 Å². The van der Waals surface area contributed by atoms with E-state index in [9.17, 15) is 0 Å². The fourth-order valence-electron chi connectivity index (χ4n) is 2.46. The van der Waals surface area contributed by atoms with Gasteiger partial charge in [-0.25, -0.2) is 0 Å². The topological polar surface area (TPSA) is 39.1 Å². The Bertz CT molecular complexity index is 541. The van der Waals surface area contributed by atoms with Crippen molar-refractivity contribution in [3.63, 3.8) is 0 Å². The largest absolute Gasteiger partial charge is 0.378 e. The van der Waals surface area contributed by atoms with Crippen LogP contribution >= 0.6 is 0 Å². The molecule has 1 N–H and O–H groups in total. The zero-order chi connectivity index (χ0) is 13.8. The third-order valence-corrected chi connectivity index (χ3v) is 3.67. The van der Waals surface area contributed by atoms with E-state index in [-0.39, 0.29) is 0 Å². The summed E-state index contributed by atoms with van der Waals surface area (Å²) in [5.74, 6) is 0. The first-order chi connectivity index (χ1) is 9.79. The fourth-order valence-corrected chi connectivity index (χ4v) is 2.46. The molecule has 4 heteroatoms. The normalized spacial score (nSPS) is 18.4. The molecule has 1 unspecified atom stereocenters. The summed E-state index contributed by atoms with van der Waals surface area (Å²) in [6, 6.07) is 8.58. The van der Waals surface area contributed by atoms with E-state index in [4.69, 9.17) is 4.74 Å². The molecular formula is C16H21N3O. The maximum Gasteiger partial charge on any atom is 0.0771 e. The molecule has 3 rings (SSSR count). The lowest BCUT2D eigenvalue weighted by atomic mass is 10.1. The molecule has 1 fully saturated rings. The highest BCUT2D eigenvalue weighted by Crippen LogP contribution is 2.15. The molecule has 0 spiro atoms. The highest BCUT2D eigenvalue weighted by molar-refractivity contribution is 5.39. The molecule has 1 saturated heterocycles. The molecule has 106 valence electrons. The highest BCUT2D eigenvalue weighted by Gasteiger charge is 2.16. The third kappa shape index (κ3) is 3.39. The minimum Gasteiger partial charge on any atom is -0.378 e. The molecule has 1 aliphatic heterocycles. The average molecular weight is 271 g/mol. The van der Waals surface area contributed by atoms with Crippen LogP contribution in [0, 0.1) is 6.92 Å². The second-order valence-electron chi connectivity index (χ2n) is 5.43. The molecule has 1 aliphatic rings. The van der Waals surface area contributed by atoms with Gasteiger partial charge in [0.15, 0.2) is 0 Å². The Morgan fingerprint density at radius 1 is 1.35 bits per heavy atom. The minimum absolute atomic E-state index is 0.333. The summed E-state index contributed by atoms with van der Waals surface area (Å²) in [6.07, 6.45) is 6.58. The van der Waals surface area contributed by atoms with Crippen molar-refractivity contribution >= 4 is 5.69 Å². The summed E-state index contributed by atoms with van der Waals surface area (Å²) in [4.78, 5) is 0. The predicted octanol–water partition coefficient (Wildman–Crippen LogP) is 2.98. The predicted molar refractivity (Wildman–Crippen MR) is 79.7 cm³/mol. The van der Waals surface area contributed by atoms with E-state index >= 15 is 0 Å². The number of nitrogens with zero attached hydrogens (tertiary/aromatic N) is 2. The van der Waals surface area contributed by atoms with Gasteiger partial charge >= 0.3 is 0 Å². The smallest absolute Gasteiger partial charge is 0.0771 e. The minimum atomic E-state index is 0.333. The van der Waals surface area contributed by atoms with Crippen LogP contribution in [0.2, 0.25) is 0 Å². The van der Waals surface area contributed by atoms with Crippen LogP contribution in [0.15, 0.2) is 36.7 Å². The van der Waals surface area contributed by atoms with Gasteiger partial charge in [0, 0.05) is 19.3 Å². The number of aromatic nitrogens is 2. The number of ether oxygens (including phenoxy) is 1. The molecule has 0 bridgehead atoms. The lowest BCUT2D eigenvalue weighted by Gasteiger charge is -2.08. The van der Waals surface area contributed by atoms with Gasteiger partial charge in [-0.2, -0.15) is 5.10 Å². The first-order valence-electron chi connectivity index (χ1n) is 7.23. The lowest BCUT2D eigenvalue weighted by Crippen LogP contribution is -2.15. The van der Waals surface area contributed by atoms with Gasteiger partial charge in [-0.1, -0.05) is 29.8 Å². The van der Waals surface area contributed by atoms with E-state index in [0.717, 1.165) is 31.8 Å². The van der Waals surface area contributed by atoms with E-state index in [1.165, 1.54) is 17.5 Å². The first-order valence-corrected chi connectivity index (χ1v) is 7.23. The molecule has 2 heterocycles. The Hall–Kier alpha value is -1.81. The number of anilines is 1. The van der Waals surface area contributed by atoms with E-state index in [2.05, 4.69) is 47.8 Å². The van der Waals surface area contributed by atoms with Crippen molar-refractivity contribution in [3.05, 3.63) is 47.8 Å². The Morgan fingerprint density at radius 2 is 2.20 bits per heavy atom. The van der Waals surface area contributed by atoms with Crippen molar-refractivity contribution in [3.8, 4) is 0 Å². The third-order valence-electron chi connectivity index (χ3n) is 3.67. The SMILES string of the molecule is Cc1ccc(CNc2cnn(CC3CCCO3)c2)cc1. The molecule has 4 nitrogen and oxygen atoms in total. The van der Waals surface area contributed by atoms with Gasteiger partial charge < -0.3 is 10.1 Å². The molecule has 1 atom stereocenters. The van der Waals surface area contributed by atoms with E-state index in [0.29, 0.717) is 6.10 Å². The molecule has 2 aromatic rings. The Labute approximate surface area is 119 Å². The molecule has 20 heavy (non-hydrogen) atoms. The van der Waals surface area contributed by atoms with Gasteiger partial charge in [0.25, 0.3) is 0 Å². The van der Waals surface area contributed by atoms with Gasteiger partial charge in [-0.3, -0.25) is 4.68 Å². The van der Waals surface area contributed by atoms with Crippen molar-refractivity contribution in [2.24, 2.45) is 0 Å². The summed E-state index contributed by atoms with van der Waals surface area (Å²) in [7, 11) is 0. The van der Waals surface area contributed by atoms with Gasteiger partial charge in [0.1, 0.15) is 0 Å². The summed E-state index contributed by atoms with van der Waals surface area (Å²) < 4.78 is 7.59. The van der Waals surface area contributed by atoms with Crippen LogP contribution in [0.1, 0.15) is 24.0 Å². The fraction of sp³-hybridized carbons (Fsp3) is 0.438. The molecule has 1 aromatic heterocycles. The van der Waals surface area contributed by atoms with Crippen LogP contribution < -0.4 is 5.32 Å².